The number of aromatic nitrogens is 3. The lowest BCUT2D eigenvalue weighted by molar-refractivity contribution is -0.150. The van der Waals surface area contributed by atoms with Crippen LogP contribution in [0.3, 0.4) is 0 Å². The minimum absolute atomic E-state index is 0.0192. The van der Waals surface area contributed by atoms with Crippen LogP contribution in [0.5, 0.6) is 0 Å². The van der Waals surface area contributed by atoms with Gasteiger partial charge in [-0.2, -0.15) is 15.4 Å². The smallest absolute Gasteiger partial charge is 0.309 e. The van der Waals surface area contributed by atoms with Gasteiger partial charge in [-0.05, 0) is 30.5 Å². The molecule has 5 heteroatoms. The van der Waals surface area contributed by atoms with Gasteiger partial charge in [0.25, 0.3) is 0 Å². The first-order valence-electron chi connectivity index (χ1n) is 7.20. The van der Waals surface area contributed by atoms with Gasteiger partial charge in [-0.15, -0.1) is 0 Å². The number of rotatable bonds is 7. The second-order valence-corrected chi connectivity index (χ2v) is 5.00. The lowest BCUT2D eigenvalue weighted by Gasteiger charge is -2.13. The maximum Gasteiger partial charge on any atom is 0.309 e. The fourth-order valence-corrected chi connectivity index (χ4v) is 2.19. The molecule has 108 valence electrons. The van der Waals surface area contributed by atoms with Crippen molar-refractivity contribution in [3.05, 3.63) is 23.8 Å². The predicted molar refractivity (Wildman–Crippen MR) is 77.0 cm³/mol. The maximum atomic E-state index is 12.0. The fourth-order valence-electron chi connectivity index (χ4n) is 2.19. The molecule has 0 bridgehead atoms. The SMILES string of the molecule is CCCCC(CC)C(=O)OCc1ccc2n[nH]nc2c1. The van der Waals surface area contributed by atoms with Crippen LogP contribution in [0.4, 0.5) is 0 Å². The molecular weight excluding hydrogens is 254 g/mol. The third-order valence-corrected chi connectivity index (χ3v) is 3.49. The summed E-state index contributed by atoms with van der Waals surface area (Å²) in [6.07, 6.45) is 3.92. The minimum Gasteiger partial charge on any atom is -0.461 e. The van der Waals surface area contributed by atoms with Crippen LogP contribution in [0.15, 0.2) is 18.2 Å². The highest BCUT2D eigenvalue weighted by Crippen LogP contribution is 2.16. The topological polar surface area (TPSA) is 67.9 Å². The molecule has 1 aromatic carbocycles. The van der Waals surface area contributed by atoms with Crippen LogP contribution in [0.2, 0.25) is 0 Å². The molecular formula is C15H21N3O2. The third-order valence-electron chi connectivity index (χ3n) is 3.49. The summed E-state index contributed by atoms with van der Waals surface area (Å²) in [7, 11) is 0. The highest BCUT2D eigenvalue weighted by atomic mass is 16.5. The summed E-state index contributed by atoms with van der Waals surface area (Å²) in [5, 5.41) is 10.6. The Kier molecular flexibility index (Phi) is 5.09. The fraction of sp³-hybridized carbons (Fsp3) is 0.533. The maximum absolute atomic E-state index is 12.0. The molecule has 0 aliphatic rings. The third kappa shape index (κ3) is 3.56. The molecule has 2 aromatic rings. The van der Waals surface area contributed by atoms with Gasteiger partial charge in [0.1, 0.15) is 17.6 Å². The van der Waals surface area contributed by atoms with Crippen molar-refractivity contribution >= 4 is 17.0 Å². The van der Waals surface area contributed by atoms with Crippen LogP contribution in [0, 0.1) is 5.92 Å². The van der Waals surface area contributed by atoms with Crippen molar-refractivity contribution < 1.29 is 9.53 Å². The number of ether oxygens (including phenoxy) is 1. The van der Waals surface area contributed by atoms with Gasteiger partial charge in [0, 0.05) is 0 Å². The zero-order valence-electron chi connectivity index (χ0n) is 12.1. The first-order valence-corrected chi connectivity index (χ1v) is 7.20. The molecule has 1 atom stereocenters. The lowest BCUT2D eigenvalue weighted by atomic mass is 10.00. The first kappa shape index (κ1) is 14.5. The zero-order chi connectivity index (χ0) is 14.4. The Hall–Kier alpha value is -1.91. The first-order chi connectivity index (χ1) is 9.74. The summed E-state index contributed by atoms with van der Waals surface area (Å²) in [4.78, 5) is 12.0. The predicted octanol–water partition coefficient (Wildman–Crippen LogP) is 3.22. The number of fused-ring (bicyclic) bond motifs is 1. The Bertz CT molecular complexity index is 565. The summed E-state index contributed by atoms with van der Waals surface area (Å²) in [5.41, 5.74) is 2.54. The zero-order valence-corrected chi connectivity index (χ0v) is 12.1. The minimum atomic E-state index is -0.0961. The van der Waals surface area contributed by atoms with E-state index >= 15 is 0 Å². The number of esters is 1. The van der Waals surface area contributed by atoms with E-state index < -0.39 is 0 Å². The molecule has 1 aromatic heterocycles. The molecule has 0 saturated heterocycles. The number of benzene rings is 1. The van der Waals surface area contributed by atoms with Crippen LogP contribution >= 0.6 is 0 Å². The van der Waals surface area contributed by atoms with Gasteiger partial charge in [0.2, 0.25) is 0 Å². The van der Waals surface area contributed by atoms with Crippen molar-refractivity contribution in [2.75, 3.05) is 0 Å². The molecule has 20 heavy (non-hydrogen) atoms. The van der Waals surface area contributed by atoms with E-state index in [1.165, 1.54) is 0 Å². The largest absolute Gasteiger partial charge is 0.461 e. The van der Waals surface area contributed by atoms with Crippen molar-refractivity contribution in [1.82, 2.24) is 15.4 Å². The number of unbranched alkanes of at least 4 members (excludes halogenated alkanes) is 1. The molecule has 0 fully saturated rings. The van der Waals surface area contributed by atoms with Gasteiger partial charge in [-0.1, -0.05) is 32.8 Å². The van der Waals surface area contributed by atoms with Gasteiger partial charge in [0.15, 0.2) is 0 Å². The number of nitrogens with one attached hydrogen (secondary N) is 1. The average molecular weight is 275 g/mol. The van der Waals surface area contributed by atoms with E-state index in [2.05, 4.69) is 22.3 Å². The quantitative estimate of drug-likeness (QED) is 0.788. The molecule has 1 N–H and O–H groups in total. The van der Waals surface area contributed by atoms with Crippen molar-refractivity contribution in [2.24, 2.45) is 5.92 Å². The number of hydrogen-bond donors (Lipinski definition) is 1. The van der Waals surface area contributed by atoms with Crippen molar-refractivity contribution in [1.29, 1.82) is 0 Å². The van der Waals surface area contributed by atoms with Crippen LogP contribution in [0.25, 0.3) is 11.0 Å². The van der Waals surface area contributed by atoms with Crippen LogP contribution in [0.1, 0.15) is 45.1 Å². The Balaban J connectivity index is 1.91. The van der Waals surface area contributed by atoms with Gasteiger partial charge in [-0.3, -0.25) is 4.79 Å². The molecule has 0 amide bonds. The highest BCUT2D eigenvalue weighted by molar-refractivity contribution is 5.74. The number of aromatic amines is 1. The molecule has 1 heterocycles. The summed E-state index contributed by atoms with van der Waals surface area (Å²) in [6, 6.07) is 5.67. The molecule has 0 spiro atoms. The lowest BCUT2D eigenvalue weighted by Crippen LogP contribution is -2.17. The van der Waals surface area contributed by atoms with Crippen LogP contribution < -0.4 is 0 Å². The molecule has 0 radical (unpaired) electrons. The monoisotopic (exact) mass is 275 g/mol. The average Bonchev–Trinajstić information content (AvgIpc) is 2.93. The van der Waals surface area contributed by atoms with E-state index in [4.69, 9.17) is 4.74 Å². The summed E-state index contributed by atoms with van der Waals surface area (Å²) in [6.45, 7) is 4.46. The second-order valence-electron chi connectivity index (χ2n) is 5.00. The van der Waals surface area contributed by atoms with Gasteiger partial charge < -0.3 is 4.74 Å². The number of H-pyrrole nitrogens is 1. The molecule has 0 aliphatic carbocycles. The number of hydrogen-bond acceptors (Lipinski definition) is 4. The second kappa shape index (κ2) is 7.03. The van der Waals surface area contributed by atoms with E-state index in [-0.39, 0.29) is 11.9 Å². The standard InChI is InChI=1S/C15H21N3O2/c1-3-5-6-12(4-2)15(19)20-10-11-7-8-13-14(9-11)17-18-16-13/h7-9,12H,3-6,10H2,1-2H3,(H,16,17,18). The van der Waals surface area contributed by atoms with Gasteiger partial charge >= 0.3 is 5.97 Å². The Morgan fingerprint density at radius 3 is 2.85 bits per heavy atom. The van der Waals surface area contributed by atoms with E-state index in [1.807, 2.05) is 25.1 Å². The van der Waals surface area contributed by atoms with Crippen LogP contribution in [-0.2, 0) is 16.1 Å². The van der Waals surface area contributed by atoms with Crippen molar-refractivity contribution in [3.8, 4) is 0 Å². The molecule has 2 rings (SSSR count). The van der Waals surface area contributed by atoms with Crippen molar-refractivity contribution in [2.45, 2.75) is 46.1 Å². The Morgan fingerprint density at radius 2 is 2.10 bits per heavy atom. The number of carbonyl (C=O) groups is 1. The van der Waals surface area contributed by atoms with Gasteiger partial charge in [-0.25, -0.2) is 0 Å². The normalized spacial score (nSPS) is 12.5. The van der Waals surface area contributed by atoms with Crippen molar-refractivity contribution in [3.63, 3.8) is 0 Å². The Morgan fingerprint density at radius 1 is 1.30 bits per heavy atom. The van der Waals surface area contributed by atoms with Gasteiger partial charge in [0.05, 0.1) is 5.92 Å². The van der Waals surface area contributed by atoms with Crippen LogP contribution in [-0.4, -0.2) is 21.4 Å². The molecule has 5 nitrogen and oxygen atoms in total. The molecule has 0 saturated carbocycles. The summed E-state index contributed by atoms with van der Waals surface area (Å²) in [5.74, 6) is -0.0769. The van der Waals surface area contributed by atoms with E-state index in [9.17, 15) is 4.79 Å². The summed E-state index contributed by atoms with van der Waals surface area (Å²) < 4.78 is 5.41. The number of nitrogens with zero attached hydrogens (tertiary/aromatic N) is 2. The van der Waals surface area contributed by atoms with E-state index in [0.29, 0.717) is 6.61 Å². The molecule has 1 unspecified atom stereocenters. The Labute approximate surface area is 118 Å². The molecule has 0 aliphatic heterocycles. The number of carbonyl (C=O) groups excluding carboxylic acids is 1. The van der Waals surface area contributed by atoms with E-state index in [0.717, 1.165) is 42.3 Å². The summed E-state index contributed by atoms with van der Waals surface area (Å²) >= 11 is 0. The highest BCUT2D eigenvalue weighted by Gasteiger charge is 2.17. The van der Waals surface area contributed by atoms with E-state index in [1.54, 1.807) is 0 Å².